The van der Waals surface area contributed by atoms with Crippen molar-refractivity contribution in [3.8, 4) is 0 Å². The van der Waals surface area contributed by atoms with Crippen molar-refractivity contribution in [1.82, 2.24) is 0 Å². The smallest absolute Gasteiger partial charge is 0.126 e. The van der Waals surface area contributed by atoms with E-state index in [9.17, 15) is 8.78 Å². The molecule has 1 aromatic carbocycles. The number of hydrogen-bond donors (Lipinski definition) is 0. The van der Waals surface area contributed by atoms with E-state index in [2.05, 4.69) is 13.8 Å². The maximum Gasteiger partial charge on any atom is 0.126 e. The number of halogens is 2. The van der Waals surface area contributed by atoms with Crippen LogP contribution in [0.15, 0.2) is 18.2 Å². The van der Waals surface area contributed by atoms with Gasteiger partial charge in [0.1, 0.15) is 11.6 Å². The van der Waals surface area contributed by atoms with Crippen molar-refractivity contribution in [3.63, 3.8) is 0 Å². The fourth-order valence-corrected chi connectivity index (χ4v) is 2.82. The van der Waals surface area contributed by atoms with Crippen LogP contribution >= 0.6 is 0 Å². The van der Waals surface area contributed by atoms with Crippen LogP contribution in [0.2, 0.25) is 0 Å². The first-order chi connectivity index (χ1) is 7.59. The molecule has 2 rings (SSSR count). The highest BCUT2D eigenvalue weighted by Crippen LogP contribution is 2.41. The molecule has 3 atom stereocenters. The topological polar surface area (TPSA) is 0 Å². The van der Waals surface area contributed by atoms with E-state index in [0.29, 0.717) is 17.4 Å². The minimum atomic E-state index is -0.332. The molecule has 0 N–H and O–H groups in total. The molecule has 0 heterocycles. The van der Waals surface area contributed by atoms with Crippen molar-refractivity contribution in [2.45, 2.75) is 39.0 Å². The summed E-state index contributed by atoms with van der Waals surface area (Å²) in [5, 5.41) is 0. The Morgan fingerprint density at radius 1 is 1.12 bits per heavy atom. The zero-order valence-corrected chi connectivity index (χ0v) is 9.84. The minimum absolute atomic E-state index is 0.180. The summed E-state index contributed by atoms with van der Waals surface area (Å²) in [6.07, 6.45) is 3.30. The van der Waals surface area contributed by atoms with Crippen molar-refractivity contribution < 1.29 is 8.78 Å². The maximum atomic E-state index is 13.7. The molecule has 2 heteroatoms. The fourth-order valence-electron chi connectivity index (χ4n) is 2.82. The Bertz CT molecular complexity index is 373. The zero-order chi connectivity index (χ0) is 11.7. The van der Waals surface area contributed by atoms with Gasteiger partial charge in [-0.1, -0.05) is 26.7 Å². The average Bonchev–Trinajstić information content (AvgIpc) is 2.26. The first-order valence-corrected chi connectivity index (χ1v) is 6.04. The van der Waals surface area contributed by atoms with Crippen LogP contribution in [0.25, 0.3) is 0 Å². The Hall–Kier alpha value is -0.920. The Labute approximate surface area is 95.7 Å². The Morgan fingerprint density at radius 3 is 2.62 bits per heavy atom. The first kappa shape index (κ1) is 11.6. The van der Waals surface area contributed by atoms with Gasteiger partial charge in [0.2, 0.25) is 0 Å². The highest BCUT2D eigenvalue weighted by atomic mass is 19.1. The number of benzene rings is 1. The zero-order valence-electron chi connectivity index (χ0n) is 9.84. The molecule has 3 unspecified atom stereocenters. The monoisotopic (exact) mass is 224 g/mol. The summed E-state index contributed by atoms with van der Waals surface area (Å²) in [7, 11) is 0. The van der Waals surface area contributed by atoms with E-state index in [1.807, 2.05) is 0 Å². The second kappa shape index (κ2) is 4.52. The lowest BCUT2D eigenvalue weighted by Crippen LogP contribution is -2.23. The van der Waals surface area contributed by atoms with E-state index in [1.165, 1.54) is 24.6 Å². The van der Waals surface area contributed by atoms with Crippen molar-refractivity contribution in [3.05, 3.63) is 35.4 Å². The van der Waals surface area contributed by atoms with Gasteiger partial charge in [0, 0.05) is 0 Å². The summed E-state index contributed by atoms with van der Waals surface area (Å²) >= 11 is 0. The van der Waals surface area contributed by atoms with Crippen LogP contribution in [0.3, 0.4) is 0 Å². The Morgan fingerprint density at radius 2 is 1.88 bits per heavy atom. The molecule has 0 amide bonds. The van der Waals surface area contributed by atoms with Crippen LogP contribution in [0.1, 0.15) is 44.6 Å². The van der Waals surface area contributed by atoms with Crippen LogP contribution in [0.4, 0.5) is 8.78 Å². The highest BCUT2D eigenvalue weighted by molar-refractivity contribution is 5.24. The summed E-state index contributed by atoms with van der Waals surface area (Å²) in [6.45, 7) is 4.35. The van der Waals surface area contributed by atoms with Gasteiger partial charge in [0.15, 0.2) is 0 Å². The van der Waals surface area contributed by atoms with Crippen LogP contribution in [0, 0.1) is 23.5 Å². The maximum absolute atomic E-state index is 13.7. The van der Waals surface area contributed by atoms with E-state index in [0.717, 1.165) is 12.8 Å². The molecule has 0 radical (unpaired) electrons. The second-order valence-electron chi connectivity index (χ2n) is 5.04. The van der Waals surface area contributed by atoms with Gasteiger partial charge in [-0.15, -0.1) is 0 Å². The van der Waals surface area contributed by atoms with Crippen molar-refractivity contribution in [2.24, 2.45) is 11.8 Å². The highest BCUT2D eigenvalue weighted by Gasteiger charge is 2.30. The molecule has 1 fully saturated rings. The van der Waals surface area contributed by atoms with E-state index < -0.39 is 0 Å². The van der Waals surface area contributed by atoms with Crippen LogP contribution in [-0.2, 0) is 0 Å². The third-order valence-corrected chi connectivity index (χ3v) is 4.06. The van der Waals surface area contributed by atoms with Crippen molar-refractivity contribution in [1.29, 1.82) is 0 Å². The van der Waals surface area contributed by atoms with Crippen molar-refractivity contribution >= 4 is 0 Å². The SMILES string of the molecule is CC1CCCC(c2cc(F)ccc2F)C1C. The third kappa shape index (κ3) is 2.11. The Kier molecular flexibility index (Phi) is 3.27. The summed E-state index contributed by atoms with van der Waals surface area (Å²) in [6, 6.07) is 3.81. The Balaban J connectivity index is 2.31. The molecule has 1 aliphatic carbocycles. The molecule has 1 aliphatic rings. The summed E-state index contributed by atoms with van der Waals surface area (Å²) in [5.74, 6) is 0.625. The molecule has 0 aromatic heterocycles. The molecule has 88 valence electrons. The molecule has 0 saturated heterocycles. The summed E-state index contributed by atoms with van der Waals surface area (Å²) in [5.41, 5.74) is 0.569. The molecule has 0 aliphatic heterocycles. The number of rotatable bonds is 1. The van der Waals surface area contributed by atoms with Crippen LogP contribution < -0.4 is 0 Å². The predicted octanol–water partition coefficient (Wildman–Crippen LogP) is 4.50. The average molecular weight is 224 g/mol. The van der Waals surface area contributed by atoms with Gasteiger partial charge in [-0.3, -0.25) is 0 Å². The molecule has 1 aromatic rings. The second-order valence-corrected chi connectivity index (χ2v) is 5.04. The van der Waals surface area contributed by atoms with Gasteiger partial charge in [-0.05, 0) is 47.9 Å². The number of hydrogen-bond acceptors (Lipinski definition) is 0. The molecule has 1 saturated carbocycles. The predicted molar refractivity (Wildman–Crippen MR) is 61.3 cm³/mol. The van der Waals surface area contributed by atoms with E-state index in [4.69, 9.17) is 0 Å². The molecule has 16 heavy (non-hydrogen) atoms. The first-order valence-electron chi connectivity index (χ1n) is 6.04. The minimum Gasteiger partial charge on any atom is -0.207 e. The van der Waals surface area contributed by atoms with E-state index in [-0.39, 0.29) is 17.6 Å². The van der Waals surface area contributed by atoms with Gasteiger partial charge in [-0.25, -0.2) is 8.78 Å². The largest absolute Gasteiger partial charge is 0.207 e. The standard InChI is InChI=1S/C14H18F2/c1-9-4-3-5-12(10(9)2)13-8-11(15)6-7-14(13)16/h6-10,12H,3-5H2,1-2H3. The molecular weight excluding hydrogens is 206 g/mol. The normalized spacial score (nSPS) is 30.4. The third-order valence-electron chi connectivity index (χ3n) is 4.06. The molecular formula is C14H18F2. The van der Waals surface area contributed by atoms with E-state index >= 15 is 0 Å². The van der Waals surface area contributed by atoms with Gasteiger partial charge < -0.3 is 0 Å². The van der Waals surface area contributed by atoms with Gasteiger partial charge >= 0.3 is 0 Å². The molecule has 0 nitrogen and oxygen atoms in total. The summed E-state index contributed by atoms with van der Waals surface area (Å²) in [4.78, 5) is 0. The quantitative estimate of drug-likeness (QED) is 0.658. The lowest BCUT2D eigenvalue weighted by Gasteiger charge is -2.34. The van der Waals surface area contributed by atoms with Gasteiger partial charge in [0.25, 0.3) is 0 Å². The van der Waals surface area contributed by atoms with Gasteiger partial charge in [0.05, 0.1) is 0 Å². The van der Waals surface area contributed by atoms with Gasteiger partial charge in [-0.2, -0.15) is 0 Å². The van der Waals surface area contributed by atoms with E-state index in [1.54, 1.807) is 0 Å². The van der Waals surface area contributed by atoms with Crippen LogP contribution in [0.5, 0.6) is 0 Å². The fraction of sp³-hybridized carbons (Fsp3) is 0.571. The van der Waals surface area contributed by atoms with Crippen molar-refractivity contribution in [2.75, 3.05) is 0 Å². The summed E-state index contributed by atoms with van der Waals surface area (Å²) < 4.78 is 26.8. The lowest BCUT2D eigenvalue weighted by atomic mass is 9.71. The molecule has 0 spiro atoms. The molecule has 0 bridgehead atoms. The van der Waals surface area contributed by atoms with Crippen LogP contribution in [-0.4, -0.2) is 0 Å². The lowest BCUT2D eigenvalue weighted by molar-refractivity contribution is 0.234.